The third-order valence-corrected chi connectivity index (χ3v) is 9.17. The number of sulfone groups is 1. The normalized spacial score (nSPS) is 19.5. The van der Waals surface area contributed by atoms with Gasteiger partial charge in [-0.3, -0.25) is 9.59 Å². The molecule has 0 bridgehead atoms. The van der Waals surface area contributed by atoms with E-state index >= 15 is 0 Å². The second-order valence-electron chi connectivity index (χ2n) is 9.50. The number of anilines is 1. The zero-order chi connectivity index (χ0) is 25.6. The molecular formula is C27H27ClN2O5S. The topological polar surface area (TPSA) is 95.0 Å². The van der Waals surface area contributed by atoms with Gasteiger partial charge in [0.25, 0.3) is 5.91 Å². The average molecular weight is 527 g/mol. The van der Waals surface area contributed by atoms with E-state index in [0.29, 0.717) is 36.3 Å². The number of carbonyl (C=O) groups is 2. The Hall–Kier alpha value is -2.94. The molecule has 7 nitrogen and oxygen atoms in total. The van der Waals surface area contributed by atoms with Gasteiger partial charge in [0, 0.05) is 29.8 Å². The predicted octanol–water partition coefficient (Wildman–Crippen LogP) is 3.77. The molecule has 0 radical (unpaired) electrons. The number of likely N-dealkylation sites (tertiary alicyclic amines) is 1. The zero-order valence-corrected chi connectivity index (χ0v) is 21.4. The van der Waals surface area contributed by atoms with E-state index < -0.39 is 27.6 Å². The lowest BCUT2D eigenvalue weighted by atomic mass is 10.0. The Kier molecular flexibility index (Phi) is 6.53. The molecule has 0 spiro atoms. The summed E-state index contributed by atoms with van der Waals surface area (Å²) >= 11 is 5.99. The van der Waals surface area contributed by atoms with Crippen molar-refractivity contribution in [1.82, 2.24) is 4.90 Å². The predicted molar refractivity (Wildman–Crippen MR) is 139 cm³/mol. The first-order valence-corrected chi connectivity index (χ1v) is 14.0. The van der Waals surface area contributed by atoms with Crippen LogP contribution >= 0.6 is 11.6 Å². The zero-order valence-electron chi connectivity index (χ0n) is 19.8. The minimum atomic E-state index is -3.90. The molecule has 3 aromatic rings. The van der Waals surface area contributed by atoms with E-state index in [1.54, 1.807) is 24.3 Å². The van der Waals surface area contributed by atoms with Crippen molar-refractivity contribution in [2.45, 2.75) is 42.7 Å². The molecule has 0 saturated carbocycles. The van der Waals surface area contributed by atoms with Gasteiger partial charge < -0.3 is 14.9 Å². The van der Waals surface area contributed by atoms with Crippen molar-refractivity contribution in [2.24, 2.45) is 0 Å². The largest absolute Gasteiger partial charge is 0.382 e. The van der Waals surface area contributed by atoms with E-state index in [9.17, 15) is 23.1 Å². The van der Waals surface area contributed by atoms with E-state index in [0.717, 1.165) is 16.6 Å². The Balaban J connectivity index is 1.23. The van der Waals surface area contributed by atoms with E-state index in [1.165, 1.54) is 17.0 Å². The molecular weight excluding hydrogens is 500 g/mol. The Morgan fingerprint density at radius 3 is 2.47 bits per heavy atom. The number of aliphatic hydroxyl groups excluding tert-OH is 1. The fourth-order valence-electron chi connectivity index (χ4n) is 5.23. The highest BCUT2D eigenvalue weighted by Gasteiger charge is 2.40. The Morgan fingerprint density at radius 1 is 1.06 bits per heavy atom. The molecule has 1 fully saturated rings. The van der Waals surface area contributed by atoms with Gasteiger partial charge in [-0.05, 0) is 66.4 Å². The fraction of sp³-hybridized carbons (Fsp3) is 0.333. The van der Waals surface area contributed by atoms with Crippen LogP contribution in [0.4, 0.5) is 5.69 Å². The summed E-state index contributed by atoms with van der Waals surface area (Å²) in [6.45, 7) is 2.59. The number of benzene rings is 3. The summed E-state index contributed by atoms with van der Waals surface area (Å²) in [4.78, 5) is 29.2. The third kappa shape index (κ3) is 4.49. The van der Waals surface area contributed by atoms with Gasteiger partial charge in [-0.25, -0.2) is 8.42 Å². The monoisotopic (exact) mass is 526 g/mol. The SMILES string of the molecule is CC1C(=O)N(C2CCN(C(=O)[C@H](O)CS(=O)(=O)c3ccc4cc(Cl)ccc4c3)CC2)c2ccccc21. The van der Waals surface area contributed by atoms with Crippen LogP contribution in [0.2, 0.25) is 5.02 Å². The van der Waals surface area contributed by atoms with Gasteiger partial charge in [-0.2, -0.15) is 0 Å². The van der Waals surface area contributed by atoms with Gasteiger partial charge in [0.2, 0.25) is 5.91 Å². The number of hydrogen-bond donors (Lipinski definition) is 1. The van der Waals surface area contributed by atoms with Crippen molar-refractivity contribution < 1.29 is 23.1 Å². The van der Waals surface area contributed by atoms with Crippen LogP contribution in [0.25, 0.3) is 10.8 Å². The molecule has 1 unspecified atom stereocenters. The Bertz CT molecular complexity index is 1450. The number of aliphatic hydroxyl groups is 1. The molecule has 0 aromatic heterocycles. The first-order chi connectivity index (χ1) is 17.2. The summed E-state index contributed by atoms with van der Waals surface area (Å²) in [5, 5.41) is 12.6. The number of nitrogens with zero attached hydrogens (tertiary/aromatic N) is 2. The molecule has 0 aliphatic carbocycles. The van der Waals surface area contributed by atoms with E-state index in [1.807, 2.05) is 36.1 Å². The second kappa shape index (κ2) is 9.50. The van der Waals surface area contributed by atoms with Gasteiger partial charge in [-0.15, -0.1) is 0 Å². The van der Waals surface area contributed by atoms with Crippen LogP contribution in [0.5, 0.6) is 0 Å². The highest BCUT2D eigenvalue weighted by atomic mass is 35.5. The lowest BCUT2D eigenvalue weighted by molar-refractivity contribution is -0.140. The van der Waals surface area contributed by atoms with Gasteiger partial charge in [0.15, 0.2) is 9.84 Å². The average Bonchev–Trinajstić information content (AvgIpc) is 3.13. The summed E-state index contributed by atoms with van der Waals surface area (Å²) in [7, 11) is -3.90. The molecule has 2 aliphatic heterocycles. The van der Waals surface area contributed by atoms with Crippen LogP contribution in [-0.4, -0.2) is 61.2 Å². The second-order valence-corrected chi connectivity index (χ2v) is 12.0. The van der Waals surface area contributed by atoms with Crippen LogP contribution in [0.1, 0.15) is 31.2 Å². The number of fused-ring (bicyclic) bond motifs is 2. The van der Waals surface area contributed by atoms with Crippen LogP contribution in [0, 0.1) is 0 Å². The molecule has 1 N–H and O–H groups in total. The van der Waals surface area contributed by atoms with Gasteiger partial charge in [0.1, 0.15) is 6.10 Å². The number of rotatable bonds is 5. The van der Waals surface area contributed by atoms with Crippen LogP contribution in [0.15, 0.2) is 65.6 Å². The number of hydrogen-bond acceptors (Lipinski definition) is 5. The number of para-hydroxylation sites is 1. The summed E-state index contributed by atoms with van der Waals surface area (Å²) in [5.41, 5.74) is 1.93. The maximum Gasteiger partial charge on any atom is 0.252 e. The lowest BCUT2D eigenvalue weighted by Crippen LogP contribution is -2.51. The summed E-state index contributed by atoms with van der Waals surface area (Å²) in [6, 6.07) is 17.5. The summed E-state index contributed by atoms with van der Waals surface area (Å²) < 4.78 is 25.9. The van der Waals surface area contributed by atoms with Gasteiger partial charge in [0.05, 0.1) is 16.6 Å². The maximum atomic E-state index is 12.9. The van der Waals surface area contributed by atoms with E-state index in [-0.39, 0.29) is 22.8 Å². The lowest BCUT2D eigenvalue weighted by Gasteiger charge is -2.37. The fourth-order valence-corrected chi connectivity index (χ4v) is 6.74. The highest BCUT2D eigenvalue weighted by molar-refractivity contribution is 7.91. The minimum absolute atomic E-state index is 0.0420. The first kappa shape index (κ1) is 24.7. The van der Waals surface area contributed by atoms with Crippen molar-refractivity contribution in [3.8, 4) is 0 Å². The van der Waals surface area contributed by atoms with Crippen LogP contribution in [0.3, 0.4) is 0 Å². The molecule has 2 amide bonds. The maximum absolute atomic E-state index is 12.9. The molecule has 3 aromatic carbocycles. The van der Waals surface area contributed by atoms with Crippen molar-refractivity contribution >= 4 is 49.7 Å². The number of halogens is 1. The third-order valence-electron chi connectivity index (χ3n) is 7.21. The van der Waals surface area contributed by atoms with Crippen LogP contribution < -0.4 is 4.90 Å². The first-order valence-electron chi connectivity index (χ1n) is 12.0. The Labute approximate surface area is 215 Å². The van der Waals surface area contributed by atoms with Crippen molar-refractivity contribution in [1.29, 1.82) is 0 Å². The van der Waals surface area contributed by atoms with E-state index in [2.05, 4.69) is 0 Å². The van der Waals surface area contributed by atoms with Crippen molar-refractivity contribution in [3.05, 3.63) is 71.2 Å². The molecule has 9 heteroatoms. The van der Waals surface area contributed by atoms with Crippen molar-refractivity contribution in [3.63, 3.8) is 0 Å². The molecule has 188 valence electrons. The van der Waals surface area contributed by atoms with Crippen molar-refractivity contribution in [2.75, 3.05) is 23.7 Å². The Morgan fingerprint density at radius 2 is 1.72 bits per heavy atom. The molecule has 5 rings (SSSR count). The number of carbonyl (C=O) groups excluding carboxylic acids is 2. The number of amides is 2. The molecule has 36 heavy (non-hydrogen) atoms. The number of piperidine rings is 1. The standard InChI is InChI=1S/C27H27ClN2O5S/c1-17-23-4-2-3-5-24(23)30(26(17)32)21-10-12-29(13-11-21)27(33)25(31)16-36(34,35)22-9-7-18-14-20(28)8-6-19(18)15-22/h2-9,14-15,17,21,25,31H,10-13,16H2,1H3/t17?,25-/m1/s1. The highest BCUT2D eigenvalue weighted by Crippen LogP contribution is 2.39. The van der Waals surface area contributed by atoms with Gasteiger partial charge in [-0.1, -0.05) is 41.9 Å². The van der Waals surface area contributed by atoms with E-state index in [4.69, 9.17) is 11.6 Å². The summed E-state index contributed by atoms with van der Waals surface area (Å²) in [5.74, 6) is -1.43. The molecule has 2 heterocycles. The smallest absolute Gasteiger partial charge is 0.252 e. The summed E-state index contributed by atoms with van der Waals surface area (Å²) in [6.07, 6.45) is -0.544. The molecule has 1 saturated heterocycles. The molecule has 2 aliphatic rings. The van der Waals surface area contributed by atoms with Gasteiger partial charge >= 0.3 is 0 Å². The quantitative estimate of drug-likeness (QED) is 0.546. The van der Waals surface area contributed by atoms with Crippen LogP contribution in [-0.2, 0) is 19.4 Å². The molecule has 2 atom stereocenters. The minimum Gasteiger partial charge on any atom is -0.382 e.